The summed E-state index contributed by atoms with van der Waals surface area (Å²) in [6.07, 6.45) is -3.51. The zero-order chi connectivity index (χ0) is 25.4. The lowest BCUT2D eigenvalue weighted by molar-refractivity contribution is -0.257. The highest BCUT2D eigenvalue weighted by atomic mass is 16.7. The predicted molar refractivity (Wildman–Crippen MR) is 120 cm³/mol. The Hall–Kier alpha value is -3.14. The van der Waals surface area contributed by atoms with Crippen LogP contribution in [-0.4, -0.2) is 61.1 Å². The van der Waals surface area contributed by atoms with E-state index < -0.39 is 54.5 Å². The molecule has 10 nitrogen and oxygen atoms in total. The molecule has 1 amide bonds. The number of nitrogens with one attached hydrogen (secondary N) is 1. The van der Waals surface area contributed by atoms with Crippen molar-refractivity contribution in [3.63, 3.8) is 0 Å². The summed E-state index contributed by atoms with van der Waals surface area (Å²) in [6, 6.07) is 6.39. The first-order valence-electron chi connectivity index (χ1n) is 11.2. The van der Waals surface area contributed by atoms with Gasteiger partial charge in [0, 0.05) is 27.7 Å². The van der Waals surface area contributed by atoms with Crippen molar-refractivity contribution < 1.29 is 42.9 Å². The monoisotopic (exact) mass is 479 g/mol. The fourth-order valence-corrected chi connectivity index (χ4v) is 3.64. The number of hydrogen-bond acceptors (Lipinski definition) is 9. The van der Waals surface area contributed by atoms with Crippen molar-refractivity contribution in [2.75, 3.05) is 6.61 Å². The number of ether oxygens (including phenoxy) is 5. The molecule has 0 unspecified atom stereocenters. The van der Waals surface area contributed by atoms with Crippen LogP contribution in [0.4, 0.5) is 0 Å². The number of hydrogen-bond donors (Lipinski definition) is 1. The molecular weight excluding hydrogens is 446 g/mol. The summed E-state index contributed by atoms with van der Waals surface area (Å²) in [5.74, 6) is -1.52. The largest absolute Gasteiger partial charge is 0.463 e. The second-order valence-corrected chi connectivity index (χ2v) is 8.22. The highest BCUT2D eigenvalue weighted by Crippen LogP contribution is 2.30. The van der Waals surface area contributed by atoms with Gasteiger partial charge in [-0.15, -0.1) is 0 Å². The Morgan fingerprint density at radius 1 is 0.941 bits per heavy atom. The van der Waals surface area contributed by atoms with Gasteiger partial charge >= 0.3 is 17.9 Å². The third-order valence-electron chi connectivity index (χ3n) is 5.38. The van der Waals surface area contributed by atoms with Crippen LogP contribution in [0.15, 0.2) is 24.3 Å². The van der Waals surface area contributed by atoms with Crippen LogP contribution in [-0.2, 0) is 38.1 Å². The highest BCUT2D eigenvalue weighted by Gasteiger charge is 2.51. The van der Waals surface area contributed by atoms with E-state index in [0.717, 1.165) is 12.0 Å². The minimum absolute atomic E-state index is 0.287. The second-order valence-electron chi connectivity index (χ2n) is 8.22. The van der Waals surface area contributed by atoms with E-state index in [-0.39, 0.29) is 6.61 Å². The number of carbonyl (C=O) groups is 4. The SMILES string of the molecule is CC[C@H](C)c1ccc(O[C@@H]2O[C@H](COC(C)=O)[C@H](OC(C)=O)[C@@H](OC(C)=O)[C@H]2NC(C)=O)cc1. The lowest BCUT2D eigenvalue weighted by Crippen LogP contribution is -2.67. The topological polar surface area (TPSA) is 126 Å². The van der Waals surface area contributed by atoms with E-state index in [4.69, 9.17) is 23.7 Å². The van der Waals surface area contributed by atoms with Crippen LogP contribution < -0.4 is 10.1 Å². The van der Waals surface area contributed by atoms with Gasteiger partial charge in [0.05, 0.1) is 0 Å². The standard InChI is InChI=1S/C24H33NO9/c1-7-13(2)18-8-10-19(11-9-18)33-24-21(25-14(3)26)23(32-17(6)29)22(31-16(5)28)20(34-24)12-30-15(4)27/h8-11,13,20-24H,7,12H2,1-6H3,(H,25,26)/t13-,20+,21+,22-,23-,24+/m0/s1. The molecule has 1 N–H and O–H groups in total. The lowest BCUT2D eigenvalue weighted by atomic mass is 9.96. The molecule has 1 aliphatic heterocycles. The summed E-state index contributed by atoms with van der Waals surface area (Å²) in [5.41, 5.74) is 1.14. The van der Waals surface area contributed by atoms with Gasteiger partial charge in [-0.1, -0.05) is 26.0 Å². The van der Waals surface area contributed by atoms with Crippen LogP contribution >= 0.6 is 0 Å². The van der Waals surface area contributed by atoms with E-state index in [9.17, 15) is 19.2 Å². The molecule has 0 bridgehead atoms. The number of carbonyl (C=O) groups excluding carboxylic acids is 4. The maximum absolute atomic E-state index is 12.0. The quantitative estimate of drug-likeness (QED) is 0.419. The van der Waals surface area contributed by atoms with Gasteiger partial charge in [0.1, 0.15) is 24.5 Å². The highest BCUT2D eigenvalue weighted by molar-refractivity contribution is 5.73. The molecule has 10 heteroatoms. The van der Waals surface area contributed by atoms with Crippen LogP contribution in [0.3, 0.4) is 0 Å². The molecule has 0 saturated carbocycles. The van der Waals surface area contributed by atoms with E-state index in [2.05, 4.69) is 19.2 Å². The summed E-state index contributed by atoms with van der Waals surface area (Å²) in [4.78, 5) is 47.1. The van der Waals surface area contributed by atoms with Gasteiger partial charge in [0.25, 0.3) is 0 Å². The van der Waals surface area contributed by atoms with Gasteiger partial charge in [-0.05, 0) is 30.0 Å². The number of amides is 1. The van der Waals surface area contributed by atoms with Gasteiger partial charge < -0.3 is 29.0 Å². The number of esters is 3. The van der Waals surface area contributed by atoms with Crippen molar-refractivity contribution >= 4 is 23.8 Å². The molecule has 2 rings (SSSR count). The summed E-state index contributed by atoms with van der Waals surface area (Å²) in [5, 5.41) is 2.67. The molecule has 34 heavy (non-hydrogen) atoms. The van der Waals surface area contributed by atoms with Crippen LogP contribution in [0.1, 0.15) is 59.4 Å². The van der Waals surface area contributed by atoms with Crippen LogP contribution in [0, 0.1) is 0 Å². The Bertz CT molecular complexity index is 870. The molecule has 0 radical (unpaired) electrons. The molecule has 1 aromatic carbocycles. The Labute approximate surface area is 199 Å². The van der Waals surface area contributed by atoms with Gasteiger partial charge in [-0.25, -0.2) is 0 Å². The first-order chi connectivity index (χ1) is 16.0. The number of benzene rings is 1. The normalized spacial score (nSPS) is 24.9. The molecule has 1 heterocycles. The van der Waals surface area contributed by atoms with E-state index in [1.807, 2.05) is 12.1 Å². The molecule has 1 fully saturated rings. The zero-order valence-electron chi connectivity index (χ0n) is 20.4. The third kappa shape index (κ3) is 7.72. The molecule has 0 spiro atoms. The van der Waals surface area contributed by atoms with Crippen molar-refractivity contribution in [1.82, 2.24) is 5.32 Å². The summed E-state index contributed by atoms with van der Waals surface area (Å²) >= 11 is 0. The van der Waals surface area contributed by atoms with Crippen molar-refractivity contribution in [3.8, 4) is 5.75 Å². The molecule has 1 aliphatic rings. The minimum atomic E-state index is -1.16. The van der Waals surface area contributed by atoms with Crippen molar-refractivity contribution in [2.45, 2.75) is 84.5 Å². The predicted octanol–water partition coefficient (Wildman–Crippen LogP) is 2.23. The van der Waals surface area contributed by atoms with Crippen molar-refractivity contribution in [3.05, 3.63) is 29.8 Å². The van der Waals surface area contributed by atoms with Gasteiger partial charge in [0.15, 0.2) is 12.2 Å². The van der Waals surface area contributed by atoms with Crippen LogP contribution in [0.5, 0.6) is 5.75 Å². The van der Waals surface area contributed by atoms with E-state index in [1.165, 1.54) is 27.7 Å². The summed E-state index contributed by atoms with van der Waals surface area (Å²) in [7, 11) is 0. The fraction of sp³-hybridized carbons (Fsp3) is 0.583. The molecule has 188 valence electrons. The molecule has 1 saturated heterocycles. The molecule has 1 aromatic rings. The molecule has 6 atom stereocenters. The Morgan fingerprint density at radius 2 is 1.53 bits per heavy atom. The Morgan fingerprint density at radius 3 is 2.03 bits per heavy atom. The Balaban J connectivity index is 2.41. The maximum atomic E-state index is 12.0. The minimum Gasteiger partial charge on any atom is -0.463 e. The summed E-state index contributed by atoms with van der Waals surface area (Å²) < 4.78 is 27.9. The maximum Gasteiger partial charge on any atom is 0.303 e. The average molecular weight is 480 g/mol. The average Bonchev–Trinajstić information content (AvgIpc) is 2.75. The zero-order valence-corrected chi connectivity index (χ0v) is 20.4. The fourth-order valence-electron chi connectivity index (χ4n) is 3.64. The van der Waals surface area contributed by atoms with E-state index in [0.29, 0.717) is 11.7 Å². The molecular formula is C24H33NO9. The first-order valence-corrected chi connectivity index (χ1v) is 11.2. The Kier molecular flexibility index (Phi) is 9.85. The molecule has 0 aromatic heterocycles. The third-order valence-corrected chi connectivity index (χ3v) is 5.38. The van der Waals surface area contributed by atoms with E-state index in [1.54, 1.807) is 12.1 Å². The van der Waals surface area contributed by atoms with Crippen LogP contribution in [0.2, 0.25) is 0 Å². The van der Waals surface area contributed by atoms with Crippen molar-refractivity contribution in [1.29, 1.82) is 0 Å². The van der Waals surface area contributed by atoms with Gasteiger partial charge in [-0.2, -0.15) is 0 Å². The van der Waals surface area contributed by atoms with Gasteiger partial charge in [-0.3, -0.25) is 19.2 Å². The van der Waals surface area contributed by atoms with Crippen LogP contribution in [0.25, 0.3) is 0 Å². The molecule has 0 aliphatic carbocycles. The summed E-state index contributed by atoms with van der Waals surface area (Å²) in [6.45, 7) is 8.81. The second kappa shape index (κ2) is 12.4. The van der Waals surface area contributed by atoms with E-state index >= 15 is 0 Å². The van der Waals surface area contributed by atoms with Crippen molar-refractivity contribution in [2.24, 2.45) is 0 Å². The first kappa shape index (κ1) is 27.1. The van der Waals surface area contributed by atoms with Gasteiger partial charge in [0.2, 0.25) is 12.2 Å². The smallest absolute Gasteiger partial charge is 0.303 e. The lowest BCUT2D eigenvalue weighted by Gasteiger charge is -2.44. The number of rotatable bonds is 9.